The smallest absolute Gasteiger partial charge is 0.261 e. The van der Waals surface area contributed by atoms with E-state index in [0.717, 1.165) is 10.6 Å². The predicted octanol–water partition coefficient (Wildman–Crippen LogP) is 3.23. The van der Waals surface area contributed by atoms with Crippen LogP contribution in [0.3, 0.4) is 0 Å². The number of thioether (sulfide) groups is 1. The van der Waals surface area contributed by atoms with Gasteiger partial charge in [0.1, 0.15) is 0 Å². The van der Waals surface area contributed by atoms with Crippen molar-refractivity contribution in [3.05, 3.63) is 46.7 Å². The van der Waals surface area contributed by atoms with Gasteiger partial charge in [-0.25, -0.2) is 0 Å². The molecule has 6 heteroatoms. The van der Waals surface area contributed by atoms with Gasteiger partial charge in [-0.3, -0.25) is 9.59 Å². The third-order valence-corrected chi connectivity index (χ3v) is 4.37. The second kappa shape index (κ2) is 7.85. The highest BCUT2D eigenvalue weighted by molar-refractivity contribution is 7.98. The number of hydrogen-bond acceptors (Lipinski definition) is 4. The van der Waals surface area contributed by atoms with Crippen molar-refractivity contribution in [3.8, 4) is 0 Å². The van der Waals surface area contributed by atoms with Crippen LogP contribution >= 0.6 is 23.1 Å². The number of carbonyl (C=O) groups is 2. The summed E-state index contributed by atoms with van der Waals surface area (Å²) in [5.41, 5.74) is 0.766. The molecular weight excluding hydrogens is 304 g/mol. The average molecular weight is 320 g/mol. The summed E-state index contributed by atoms with van der Waals surface area (Å²) >= 11 is 3.03. The Morgan fingerprint density at radius 3 is 2.57 bits per heavy atom. The van der Waals surface area contributed by atoms with Crippen molar-refractivity contribution in [1.82, 2.24) is 5.32 Å². The predicted molar refractivity (Wildman–Crippen MR) is 88.1 cm³/mol. The third-order valence-electron chi connectivity index (χ3n) is 2.76. The molecule has 0 spiro atoms. The molecule has 0 atom stereocenters. The summed E-state index contributed by atoms with van der Waals surface area (Å²) < 4.78 is 0. The van der Waals surface area contributed by atoms with Crippen LogP contribution in [-0.4, -0.2) is 24.6 Å². The van der Waals surface area contributed by atoms with Gasteiger partial charge in [0.25, 0.3) is 5.91 Å². The highest BCUT2D eigenvalue weighted by Gasteiger charge is 2.07. The molecule has 21 heavy (non-hydrogen) atoms. The normalized spacial score (nSPS) is 10.1. The van der Waals surface area contributed by atoms with Gasteiger partial charge < -0.3 is 10.6 Å². The van der Waals surface area contributed by atoms with Crippen LogP contribution in [0.5, 0.6) is 0 Å². The average Bonchev–Trinajstić information content (AvgIpc) is 3.02. The standard InChI is InChI=1S/C15H16N2O2S2/c1-20-12-6-4-11(5-7-12)17-14(18)8-9-16-15(19)13-3-2-10-21-13/h2-7,10H,8-9H2,1H3,(H,16,19)(H,17,18). The van der Waals surface area contributed by atoms with E-state index in [1.165, 1.54) is 11.3 Å². The molecule has 2 N–H and O–H groups in total. The van der Waals surface area contributed by atoms with E-state index in [0.29, 0.717) is 11.4 Å². The zero-order valence-electron chi connectivity index (χ0n) is 11.6. The molecule has 2 rings (SSSR count). The first-order valence-corrected chi connectivity index (χ1v) is 8.55. The Balaban J connectivity index is 1.73. The first-order valence-electron chi connectivity index (χ1n) is 6.44. The van der Waals surface area contributed by atoms with E-state index in [-0.39, 0.29) is 18.2 Å². The molecule has 1 heterocycles. The van der Waals surface area contributed by atoms with Crippen LogP contribution in [-0.2, 0) is 4.79 Å². The summed E-state index contributed by atoms with van der Waals surface area (Å²) in [5, 5.41) is 7.38. The molecule has 0 saturated heterocycles. The topological polar surface area (TPSA) is 58.2 Å². The number of rotatable bonds is 6. The lowest BCUT2D eigenvalue weighted by Crippen LogP contribution is -2.27. The quantitative estimate of drug-likeness (QED) is 0.804. The molecule has 110 valence electrons. The van der Waals surface area contributed by atoms with Crippen molar-refractivity contribution in [2.24, 2.45) is 0 Å². The zero-order valence-corrected chi connectivity index (χ0v) is 13.2. The van der Waals surface area contributed by atoms with Crippen LogP contribution in [0.4, 0.5) is 5.69 Å². The number of anilines is 1. The fourth-order valence-corrected chi connectivity index (χ4v) is 2.73. The van der Waals surface area contributed by atoms with Crippen LogP contribution in [0.15, 0.2) is 46.7 Å². The SMILES string of the molecule is CSc1ccc(NC(=O)CCNC(=O)c2cccs2)cc1. The van der Waals surface area contributed by atoms with Gasteiger partial charge in [0, 0.05) is 23.5 Å². The molecule has 0 bridgehead atoms. The maximum absolute atomic E-state index is 11.8. The Morgan fingerprint density at radius 2 is 1.95 bits per heavy atom. The number of hydrogen-bond donors (Lipinski definition) is 2. The van der Waals surface area contributed by atoms with Crippen LogP contribution < -0.4 is 10.6 Å². The van der Waals surface area contributed by atoms with Crippen LogP contribution in [0, 0.1) is 0 Å². The Labute approximate surface area is 131 Å². The highest BCUT2D eigenvalue weighted by Crippen LogP contribution is 2.17. The molecule has 2 amide bonds. The van der Waals surface area contributed by atoms with Crippen LogP contribution in [0.25, 0.3) is 0 Å². The number of nitrogens with one attached hydrogen (secondary N) is 2. The largest absolute Gasteiger partial charge is 0.351 e. The summed E-state index contributed by atoms with van der Waals surface area (Å²) in [5.74, 6) is -0.250. The van der Waals surface area contributed by atoms with E-state index in [1.54, 1.807) is 17.8 Å². The van der Waals surface area contributed by atoms with E-state index >= 15 is 0 Å². The number of benzene rings is 1. The van der Waals surface area contributed by atoms with Gasteiger partial charge in [-0.1, -0.05) is 6.07 Å². The summed E-state index contributed by atoms with van der Waals surface area (Å²) in [6, 6.07) is 11.2. The first-order chi connectivity index (χ1) is 10.2. The second-order valence-corrected chi connectivity index (χ2v) is 6.09. The van der Waals surface area contributed by atoms with E-state index in [1.807, 2.05) is 42.0 Å². The van der Waals surface area contributed by atoms with E-state index < -0.39 is 0 Å². The molecule has 0 aliphatic heterocycles. The molecule has 4 nitrogen and oxygen atoms in total. The third kappa shape index (κ3) is 4.91. The van der Waals surface area contributed by atoms with Gasteiger partial charge in [-0.15, -0.1) is 23.1 Å². The molecular formula is C15H16N2O2S2. The van der Waals surface area contributed by atoms with Gasteiger partial charge in [0.05, 0.1) is 4.88 Å². The highest BCUT2D eigenvalue weighted by atomic mass is 32.2. The summed E-state index contributed by atoms with van der Waals surface area (Å²) in [4.78, 5) is 25.3. The second-order valence-electron chi connectivity index (χ2n) is 4.26. The summed E-state index contributed by atoms with van der Waals surface area (Å²) in [6.45, 7) is 0.325. The lowest BCUT2D eigenvalue weighted by atomic mass is 10.3. The van der Waals surface area contributed by atoms with Gasteiger partial charge in [0.15, 0.2) is 0 Å². The molecule has 0 unspecified atom stereocenters. The summed E-state index contributed by atoms with van der Waals surface area (Å²) in [7, 11) is 0. The molecule has 0 fully saturated rings. The van der Waals surface area contributed by atoms with Crippen molar-refractivity contribution in [2.45, 2.75) is 11.3 Å². The van der Waals surface area contributed by atoms with Gasteiger partial charge in [-0.05, 0) is 42.0 Å². The zero-order chi connectivity index (χ0) is 15.1. The minimum Gasteiger partial charge on any atom is -0.351 e. The van der Waals surface area contributed by atoms with E-state index in [2.05, 4.69) is 10.6 Å². The molecule has 0 aliphatic rings. The van der Waals surface area contributed by atoms with Gasteiger partial charge >= 0.3 is 0 Å². The van der Waals surface area contributed by atoms with Gasteiger partial charge in [0.2, 0.25) is 5.91 Å². The number of thiophene rings is 1. The number of carbonyl (C=O) groups excluding carboxylic acids is 2. The Bertz CT molecular complexity index is 595. The summed E-state index contributed by atoms with van der Waals surface area (Å²) in [6.07, 6.45) is 2.26. The molecule has 0 aliphatic carbocycles. The molecule has 2 aromatic rings. The maximum Gasteiger partial charge on any atom is 0.261 e. The monoisotopic (exact) mass is 320 g/mol. The van der Waals surface area contributed by atoms with Crippen LogP contribution in [0.2, 0.25) is 0 Å². The minimum absolute atomic E-state index is 0.113. The Kier molecular flexibility index (Phi) is 5.83. The molecule has 0 radical (unpaired) electrons. The fourth-order valence-electron chi connectivity index (χ4n) is 1.68. The van der Waals surface area contributed by atoms with Crippen molar-refractivity contribution in [3.63, 3.8) is 0 Å². The minimum atomic E-state index is -0.137. The maximum atomic E-state index is 11.8. The fraction of sp³-hybridized carbons (Fsp3) is 0.200. The van der Waals surface area contributed by atoms with Gasteiger partial charge in [-0.2, -0.15) is 0 Å². The molecule has 0 saturated carbocycles. The van der Waals surface area contributed by atoms with E-state index in [4.69, 9.17) is 0 Å². The molecule has 1 aromatic carbocycles. The van der Waals surface area contributed by atoms with Crippen molar-refractivity contribution in [1.29, 1.82) is 0 Å². The molecule has 1 aromatic heterocycles. The number of amides is 2. The first kappa shape index (κ1) is 15.6. The van der Waals surface area contributed by atoms with Crippen molar-refractivity contribution < 1.29 is 9.59 Å². The van der Waals surface area contributed by atoms with Crippen molar-refractivity contribution >= 4 is 40.6 Å². The van der Waals surface area contributed by atoms with Crippen LogP contribution in [0.1, 0.15) is 16.1 Å². The lowest BCUT2D eigenvalue weighted by Gasteiger charge is -2.06. The lowest BCUT2D eigenvalue weighted by molar-refractivity contribution is -0.116. The van der Waals surface area contributed by atoms with E-state index in [9.17, 15) is 9.59 Å². The van der Waals surface area contributed by atoms with Crippen molar-refractivity contribution in [2.75, 3.05) is 18.1 Å². The Hall–Kier alpha value is -1.79. The Morgan fingerprint density at radius 1 is 1.19 bits per heavy atom.